The zero-order valence-electron chi connectivity index (χ0n) is 9.68. The predicted molar refractivity (Wildman–Crippen MR) is 64.5 cm³/mol. The number of nitrogens with one attached hydrogen (secondary N) is 1. The molecule has 1 unspecified atom stereocenters. The molecular weight excluding hydrogens is 260 g/mol. The molecule has 0 bridgehead atoms. The van der Waals surface area contributed by atoms with Crippen LogP contribution in [0.2, 0.25) is 5.15 Å². The van der Waals surface area contributed by atoms with Crippen molar-refractivity contribution in [3.63, 3.8) is 0 Å². The number of carboxylic acid groups (broad SMARTS) is 1. The maximum Gasteiger partial charge on any atom is 0.306 e. The second-order valence-electron chi connectivity index (χ2n) is 4.12. The summed E-state index contributed by atoms with van der Waals surface area (Å²) >= 11 is 5.58. The standard InChI is InChI=1S/C11H13ClN2O4/c1-11(18,4-9(15)16)6-14-10(17)7-2-3-8(12)13-5-7/h2-3,5,18H,4,6H2,1H3,(H,14,17)(H,15,16). The van der Waals surface area contributed by atoms with Gasteiger partial charge in [0.1, 0.15) is 5.15 Å². The summed E-state index contributed by atoms with van der Waals surface area (Å²) in [4.78, 5) is 25.8. The van der Waals surface area contributed by atoms with Gasteiger partial charge in [-0.15, -0.1) is 0 Å². The SMILES string of the molecule is CC(O)(CNC(=O)c1ccc(Cl)nc1)CC(=O)O. The third-order valence-electron chi connectivity index (χ3n) is 2.15. The molecule has 1 aromatic heterocycles. The van der Waals surface area contributed by atoms with Crippen molar-refractivity contribution in [1.29, 1.82) is 0 Å². The van der Waals surface area contributed by atoms with Gasteiger partial charge in [-0.05, 0) is 19.1 Å². The molecule has 0 saturated heterocycles. The second-order valence-corrected chi connectivity index (χ2v) is 4.51. The molecule has 0 saturated carbocycles. The number of aliphatic carboxylic acids is 1. The van der Waals surface area contributed by atoms with Crippen molar-refractivity contribution in [2.75, 3.05) is 6.54 Å². The molecule has 0 radical (unpaired) electrons. The molecule has 1 atom stereocenters. The van der Waals surface area contributed by atoms with Gasteiger partial charge in [-0.1, -0.05) is 11.6 Å². The van der Waals surface area contributed by atoms with Crippen molar-refractivity contribution in [2.24, 2.45) is 0 Å². The van der Waals surface area contributed by atoms with Gasteiger partial charge in [0.25, 0.3) is 5.91 Å². The van der Waals surface area contributed by atoms with Crippen LogP contribution in [0.5, 0.6) is 0 Å². The van der Waals surface area contributed by atoms with Crippen LogP contribution < -0.4 is 5.32 Å². The van der Waals surface area contributed by atoms with Crippen LogP contribution in [0.3, 0.4) is 0 Å². The summed E-state index contributed by atoms with van der Waals surface area (Å²) < 4.78 is 0. The summed E-state index contributed by atoms with van der Waals surface area (Å²) in [5.74, 6) is -1.59. The number of hydrogen-bond acceptors (Lipinski definition) is 4. The Morgan fingerprint density at radius 2 is 2.17 bits per heavy atom. The minimum absolute atomic E-state index is 0.166. The van der Waals surface area contributed by atoms with E-state index in [4.69, 9.17) is 16.7 Å². The Bertz CT molecular complexity index is 445. The molecule has 0 aliphatic rings. The van der Waals surface area contributed by atoms with Crippen LogP contribution in [0, 0.1) is 0 Å². The molecule has 1 rings (SSSR count). The van der Waals surface area contributed by atoms with Gasteiger partial charge in [-0.25, -0.2) is 4.98 Å². The van der Waals surface area contributed by atoms with E-state index in [1.54, 1.807) is 0 Å². The Kier molecular flexibility index (Phi) is 4.63. The number of halogens is 1. The Balaban J connectivity index is 2.55. The monoisotopic (exact) mass is 272 g/mol. The molecule has 1 heterocycles. The number of aromatic nitrogens is 1. The first-order valence-corrected chi connectivity index (χ1v) is 5.52. The molecule has 0 aliphatic carbocycles. The molecule has 1 amide bonds. The van der Waals surface area contributed by atoms with Gasteiger partial charge in [0.05, 0.1) is 17.6 Å². The Hall–Kier alpha value is -1.66. The normalized spacial score (nSPS) is 13.7. The number of carboxylic acids is 1. The molecule has 0 aromatic carbocycles. The molecule has 98 valence electrons. The van der Waals surface area contributed by atoms with E-state index in [2.05, 4.69) is 10.3 Å². The van der Waals surface area contributed by atoms with Crippen LogP contribution in [0.25, 0.3) is 0 Å². The lowest BCUT2D eigenvalue weighted by atomic mass is 10.0. The van der Waals surface area contributed by atoms with E-state index < -0.39 is 23.9 Å². The minimum atomic E-state index is -1.50. The quantitative estimate of drug-likeness (QED) is 0.685. The van der Waals surface area contributed by atoms with Gasteiger partial charge < -0.3 is 15.5 Å². The molecule has 3 N–H and O–H groups in total. The van der Waals surface area contributed by atoms with Crippen LogP contribution in [0.4, 0.5) is 0 Å². The fourth-order valence-corrected chi connectivity index (χ4v) is 1.38. The number of carbonyl (C=O) groups excluding carboxylic acids is 1. The van der Waals surface area contributed by atoms with Crippen LogP contribution >= 0.6 is 11.6 Å². The average Bonchev–Trinajstić information content (AvgIpc) is 2.25. The smallest absolute Gasteiger partial charge is 0.306 e. The van der Waals surface area contributed by atoms with Gasteiger partial charge in [0.15, 0.2) is 0 Å². The van der Waals surface area contributed by atoms with Gasteiger partial charge in [-0.2, -0.15) is 0 Å². The van der Waals surface area contributed by atoms with Gasteiger partial charge in [-0.3, -0.25) is 9.59 Å². The molecule has 6 nitrogen and oxygen atoms in total. The van der Waals surface area contributed by atoms with Gasteiger partial charge >= 0.3 is 5.97 Å². The van der Waals surface area contributed by atoms with Gasteiger partial charge in [0, 0.05) is 12.7 Å². The van der Waals surface area contributed by atoms with Crippen molar-refractivity contribution < 1.29 is 19.8 Å². The highest BCUT2D eigenvalue weighted by molar-refractivity contribution is 6.29. The van der Waals surface area contributed by atoms with Crippen LogP contribution in [-0.2, 0) is 4.79 Å². The minimum Gasteiger partial charge on any atom is -0.481 e. The molecule has 0 fully saturated rings. The van der Waals surface area contributed by atoms with Crippen molar-refractivity contribution in [3.05, 3.63) is 29.0 Å². The fourth-order valence-electron chi connectivity index (χ4n) is 1.27. The number of amides is 1. The largest absolute Gasteiger partial charge is 0.481 e. The lowest BCUT2D eigenvalue weighted by molar-refractivity contribution is -0.141. The summed E-state index contributed by atoms with van der Waals surface area (Å²) in [6, 6.07) is 2.95. The third kappa shape index (κ3) is 4.68. The van der Waals surface area contributed by atoms with Crippen molar-refractivity contribution in [2.45, 2.75) is 18.9 Å². The molecule has 1 aromatic rings. The Labute approximate surface area is 109 Å². The van der Waals surface area contributed by atoms with E-state index in [0.29, 0.717) is 0 Å². The lowest BCUT2D eigenvalue weighted by Gasteiger charge is -2.21. The summed E-state index contributed by atoms with van der Waals surface area (Å²) in [7, 11) is 0. The highest BCUT2D eigenvalue weighted by Gasteiger charge is 2.25. The van der Waals surface area contributed by atoms with Crippen molar-refractivity contribution >= 4 is 23.5 Å². The average molecular weight is 273 g/mol. The maximum atomic E-state index is 11.6. The van der Waals surface area contributed by atoms with Crippen LogP contribution in [0.15, 0.2) is 18.3 Å². The summed E-state index contributed by atoms with van der Waals surface area (Å²) in [6.45, 7) is 1.17. The van der Waals surface area contributed by atoms with Crippen LogP contribution in [0.1, 0.15) is 23.7 Å². The van der Waals surface area contributed by atoms with E-state index in [9.17, 15) is 14.7 Å². The Morgan fingerprint density at radius 1 is 1.50 bits per heavy atom. The highest BCUT2D eigenvalue weighted by Crippen LogP contribution is 2.09. The number of aliphatic hydroxyl groups is 1. The van der Waals surface area contributed by atoms with E-state index in [1.807, 2.05) is 0 Å². The van der Waals surface area contributed by atoms with Crippen LogP contribution in [-0.4, -0.2) is 39.2 Å². The number of nitrogens with zero attached hydrogens (tertiary/aromatic N) is 1. The molecule has 18 heavy (non-hydrogen) atoms. The maximum absolute atomic E-state index is 11.6. The first-order valence-electron chi connectivity index (χ1n) is 5.14. The van der Waals surface area contributed by atoms with E-state index >= 15 is 0 Å². The van der Waals surface area contributed by atoms with Crippen molar-refractivity contribution in [3.8, 4) is 0 Å². The third-order valence-corrected chi connectivity index (χ3v) is 2.37. The first-order chi connectivity index (χ1) is 8.30. The zero-order valence-corrected chi connectivity index (χ0v) is 10.4. The molecular formula is C11H13ClN2O4. The highest BCUT2D eigenvalue weighted by atomic mass is 35.5. The van der Waals surface area contributed by atoms with E-state index in [1.165, 1.54) is 25.3 Å². The summed E-state index contributed by atoms with van der Waals surface area (Å²) in [5.41, 5.74) is -1.22. The fraction of sp³-hybridized carbons (Fsp3) is 0.364. The summed E-state index contributed by atoms with van der Waals surface area (Å²) in [5, 5.41) is 21.0. The zero-order chi connectivity index (χ0) is 13.8. The summed E-state index contributed by atoms with van der Waals surface area (Å²) in [6.07, 6.45) is 0.843. The van der Waals surface area contributed by atoms with Crippen molar-refractivity contribution in [1.82, 2.24) is 10.3 Å². The number of carbonyl (C=O) groups is 2. The van der Waals surface area contributed by atoms with E-state index in [-0.39, 0.29) is 17.3 Å². The molecule has 0 spiro atoms. The number of pyridine rings is 1. The first kappa shape index (κ1) is 14.4. The van der Waals surface area contributed by atoms with E-state index in [0.717, 1.165) is 0 Å². The van der Waals surface area contributed by atoms with Gasteiger partial charge in [0.2, 0.25) is 0 Å². The topological polar surface area (TPSA) is 99.5 Å². The number of hydrogen-bond donors (Lipinski definition) is 3. The Morgan fingerprint density at radius 3 is 2.67 bits per heavy atom. The lowest BCUT2D eigenvalue weighted by Crippen LogP contribution is -2.42. The molecule has 7 heteroatoms. The molecule has 0 aliphatic heterocycles. The predicted octanol–water partition coefficient (Wildman–Crippen LogP) is 0.691. The number of rotatable bonds is 5. The second kappa shape index (κ2) is 5.79.